The van der Waals surface area contributed by atoms with Gasteiger partial charge in [-0.2, -0.15) is 0 Å². The van der Waals surface area contributed by atoms with Crippen molar-refractivity contribution in [3.63, 3.8) is 0 Å². The summed E-state index contributed by atoms with van der Waals surface area (Å²) < 4.78 is 0. The van der Waals surface area contributed by atoms with E-state index in [0.717, 1.165) is 6.42 Å². The number of carbonyl (C=O) groups excluding carboxylic acids is 2. The molecule has 1 aliphatic carbocycles. The lowest BCUT2D eigenvalue weighted by molar-refractivity contribution is -0.126. The second-order valence-corrected chi connectivity index (χ2v) is 5.04. The van der Waals surface area contributed by atoms with Gasteiger partial charge in [0.25, 0.3) is 0 Å². The molecule has 0 bridgehead atoms. The highest BCUT2D eigenvalue weighted by Crippen LogP contribution is 2.24. The van der Waals surface area contributed by atoms with Gasteiger partial charge in [0, 0.05) is 12.5 Å². The fourth-order valence-electron chi connectivity index (χ4n) is 2.62. The Balaban J connectivity index is 1.84. The van der Waals surface area contributed by atoms with Crippen LogP contribution in [0.4, 0.5) is 0 Å². The van der Waals surface area contributed by atoms with E-state index < -0.39 is 0 Å². The van der Waals surface area contributed by atoms with Gasteiger partial charge in [-0.1, -0.05) is 19.8 Å². The van der Waals surface area contributed by atoms with Crippen molar-refractivity contribution in [2.75, 3.05) is 0 Å². The summed E-state index contributed by atoms with van der Waals surface area (Å²) in [5, 5.41) is 5.78. The Morgan fingerprint density at radius 1 is 1.31 bits per heavy atom. The topological polar surface area (TPSA) is 58.2 Å². The minimum atomic E-state index is -0.290. The fourth-order valence-corrected chi connectivity index (χ4v) is 2.62. The Kier molecular flexibility index (Phi) is 3.46. The summed E-state index contributed by atoms with van der Waals surface area (Å²) in [6.45, 7) is 2.19. The predicted molar refractivity (Wildman–Crippen MR) is 60.7 cm³/mol. The van der Waals surface area contributed by atoms with Crippen molar-refractivity contribution in [3.8, 4) is 0 Å². The second kappa shape index (κ2) is 4.85. The van der Waals surface area contributed by atoms with Crippen LogP contribution in [-0.2, 0) is 9.59 Å². The lowest BCUT2D eigenvalue weighted by atomic mass is 9.86. The third-order valence-electron chi connectivity index (χ3n) is 3.75. The van der Waals surface area contributed by atoms with Crippen LogP contribution < -0.4 is 10.6 Å². The molecule has 90 valence electrons. The number of nitrogens with one attached hydrogen (secondary N) is 2. The molecule has 2 rings (SSSR count). The van der Waals surface area contributed by atoms with Gasteiger partial charge in [-0.3, -0.25) is 9.59 Å². The maximum Gasteiger partial charge on any atom is 0.242 e. The predicted octanol–water partition coefficient (Wildman–Crippen LogP) is 0.960. The molecule has 1 saturated carbocycles. The van der Waals surface area contributed by atoms with Crippen LogP contribution in [0.2, 0.25) is 0 Å². The maximum atomic E-state index is 11.9. The minimum Gasteiger partial charge on any atom is -0.351 e. The maximum absolute atomic E-state index is 11.9. The molecule has 0 unspecified atom stereocenters. The highest BCUT2D eigenvalue weighted by molar-refractivity contribution is 5.90. The monoisotopic (exact) mass is 224 g/mol. The van der Waals surface area contributed by atoms with Gasteiger partial charge in [0.2, 0.25) is 11.8 Å². The quantitative estimate of drug-likeness (QED) is 0.734. The Hall–Kier alpha value is -1.06. The second-order valence-electron chi connectivity index (χ2n) is 5.04. The SMILES string of the molecule is C[C@@H]1CCCC[C@@H]1NC(=O)[C@H]1CCC(=O)N1. The molecular weight excluding hydrogens is 204 g/mol. The van der Waals surface area contributed by atoms with Gasteiger partial charge >= 0.3 is 0 Å². The van der Waals surface area contributed by atoms with Crippen molar-refractivity contribution >= 4 is 11.8 Å². The van der Waals surface area contributed by atoms with Crippen molar-refractivity contribution in [3.05, 3.63) is 0 Å². The van der Waals surface area contributed by atoms with Crippen LogP contribution in [0.1, 0.15) is 45.4 Å². The molecule has 16 heavy (non-hydrogen) atoms. The van der Waals surface area contributed by atoms with E-state index in [0.29, 0.717) is 24.8 Å². The molecule has 4 nitrogen and oxygen atoms in total. The average molecular weight is 224 g/mol. The van der Waals surface area contributed by atoms with Crippen molar-refractivity contribution in [2.24, 2.45) is 5.92 Å². The first-order valence-electron chi connectivity index (χ1n) is 6.26. The molecule has 0 aromatic carbocycles. The molecule has 0 aromatic rings. The van der Waals surface area contributed by atoms with Gasteiger partial charge in [-0.25, -0.2) is 0 Å². The van der Waals surface area contributed by atoms with E-state index in [4.69, 9.17) is 0 Å². The molecule has 2 aliphatic rings. The molecule has 1 heterocycles. The first-order valence-corrected chi connectivity index (χ1v) is 6.26. The third kappa shape index (κ3) is 2.54. The number of rotatable bonds is 2. The number of hydrogen-bond donors (Lipinski definition) is 2. The Morgan fingerprint density at radius 2 is 2.06 bits per heavy atom. The fraction of sp³-hybridized carbons (Fsp3) is 0.833. The number of amides is 2. The third-order valence-corrected chi connectivity index (χ3v) is 3.75. The van der Waals surface area contributed by atoms with Crippen LogP contribution in [0.15, 0.2) is 0 Å². The van der Waals surface area contributed by atoms with Crippen LogP contribution in [-0.4, -0.2) is 23.9 Å². The van der Waals surface area contributed by atoms with Gasteiger partial charge in [-0.15, -0.1) is 0 Å². The standard InChI is InChI=1S/C12H20N2O2/c1-8-4-2-3-5-9(8)14-12(16)10-6-7-11(15)13-10/h8-10H,2-7H2,1H3,(H,13,15)(H,14,16)/t8-,9+,10-/m1/s1. The Labute approximate surface area is 96.2 Å². The van der Waals surface area contributed by atoms with Crippen LogP contribution in [0, 0.1) is 5.92 Å². The summed E-state index contributed by atoms with van der Waals surface area (Å²) in [6.07, 6.45) is 5.87. The van der Waals surface area contributed by atoms with E-state index >= 15 is 0 Å². The molecular formula is C12H20N2O2. The molecule has 3 atom stereocenters. The summed E-state index contributed by atoms with van der Waals surface area (Å²) >= 11 is 0. The summed E-state index contributed by atoms with van der Waals surface area (Å²) in [5.74, 6) is 0.566. The zero-order chi connectivity index (χ0) is 11.5. The van der Waals surface area contributed by atoms with E-state index in [2.05, 4.69) is 17.6 Å². The van der Waals surface area contributed by atoms with Gasteiger partial charge < -0.3 is 10.6 Å². The molecule has 2 fully saturated rings. The number of hydrogen-bond acceptors (Lipinski definition) is 2. The summed E-state index contributed by atoms with van der Waals surface area (Å²) in [7, 11) is 0. The van der Waals surface area contributed by atoms with Crippen molar-refractivity contribution < 1.29 is 9.59 Å². The molecule has 0 aromatic heterocycles. The molecule has 1 aliphatic heterocycles. The molecule has 2 amide bonds. The van der Waals surface area contributed by atoms with Gasteiger partial charge in [-0.05, 0) is 25.2 Å². The molecule has 4 heteroatoms. The van der Waals surface area contributed by atoms with E-state index in [1.807, 2.05) is 0 Å². The Bertz CT molecular complexity index is 291. The highest BCUT2D eigenvalue weighted by Gasteiger charge is 2.30. The zero-order valence-electron chi connectivity index (χ0n) is 9.79. The van der Waals surface area contributed by atoms with Crippen LogP contribution in [0.25, 0.3) is 0 Å². The first kappa shape index (κ1) is 11.4. The van der Waals surface area contributed by atoms with Crippen LogP contribution in [0.5, 0.6) is 0 Å². The number of carbonyl (C=O) groups is 2. The lowest BCUT2D eigenvalue weighted by Gasteiger charge is -2.30. The molecule has 2 N–H and O–H groups in total. The molecule has 0 spiro atoms. The normalized spacial score (nSPS) is 34.6. The van der Waals surface area contributed by atoms with E-state index in [1.165, 1.54) is 19.3 Å². The van der Waals surface area contributed by atoms with Gasteiger partial charge in [0.1, 0.15) is 6.04 Å². The van der Waals surface area contributed by atoms with Gasteiger partial charge in [0.15, 0.2) is 0 Å². The summed E-state index contributed by atoms with van der Waals surface area (Å²) in [6, 6.07) is 0.0142. The largest absolute Gasteiger partial charge is 0.351 e. The van der Waals surface area contributed by atoms with E-state index in [-0.39, 0.29) is 17.9 Å². The van der Waals surface area contributed by atoms with Gasteiger partial charge in [0.05, 0.1) is 0 Å². The minimum absolute atomic E-state index is 0.00292. The lowest BCUT2D eigenvalue weighted by Crippen LogP contribution is -2.48. The van der Waals surface area contributed by atoms with E-state index in [9.17, 15) is 9.59 Å². The average Bonchev–Trinajstić information content (AvgIpc) is 2.68. The first-order chi connectivity index (χ1) is 7.66. The van der Waals surface area contributed by atoms with Crippen LogP contribution >= 0.6 is 0 Å². The van der Waals surface area contributed by atoms with Crippen molar-refractivity contribution in [1.29, 1.82) is 0 Å². The van der Waals surface area contributed by atoms with Crippen molar-refractivity contribution in [2.45, 2.75) is 57.5 Å². The summed E-state index contributed by atoms with van der Waals surface area (Å²) in [5.41, 5.74) is 0. The molecule has 0 radical (unpaired) electrons. The van der Waals surface area contributed by atoms with E-state index in [1.54, 1.807) is 0 Å². The highest BCUT2D eigenvalue weighted by atomic mass is 16.2. The zero-order valence-corrected chi connectivity index (χ0v) is 9.79. The molecule has 1 saturated heterocycles. The Morgan fingerprint density at radius 3 is 2.69 bits per heavy atom. The smallest absolute Gasteiger partial charge is 0.242 e. The summed E-state index contributed by atoms with van der Waals surface area (Å²) in [4.78, 5) is 22.9. The van der Waals surface area contributed by atoms with Crippen molar-refractivity contribution in [1.82, 2.24) is 10.6 Å². The van der Waals surface area contributed by atoms with Crippen LogP contribution in [0.3, 0.4) is 0 Å².